The van der Waals surface area contributed by atoms with E-state index in [0.717, 1.165) is 11.1 Å². The molecule has 0 fully saturated rings. The number of hydrogen-bond donors (Lipinski definition) is 1. The molecule has 0 amide bonds. The molecule has 0 aromatic heterocycles. The fourth-order valence-corrected chi connectivity index (χ4v) is 1.63. The first-order valence-electron chi connectivity index (χ1n) is 6.16. The minimum absolute atomic E-state index is 0.00891. The Hall–Kier alpha value is -0.980. The second kappa shape index (κ2) is 5.93. The number of hydrogen-bond acceptors (Lipinski definition) is 1. The molecule has 0 unspecified atom stereocenters. The standard InChI is InChI=1S/C13H20O.C2H6/c1-9(2)10-7-6-8-11(12(10)14)13(3,4)5;1-2/h6-9,14H,1-5H3;1-2H3. The number of aromatic hydroxyl groups is 1. The first-order valence-corrected chi connectivity index (χ1v) is 6.16. The summed E-state index contributed by atoms with van der Waals surface area (Å²) in [6.07, 6.45) is 0. The highest BCUT2D eigenvalue weighted by Crippen LogP contribution is 2.35. The lowest BCUT2D eigenvalue weighted by atomic mass is 9.84. The molecule has 0 aliphatic carbocycles. The maximum Gasteiger partial charge on any atom is 0.122 e. The van der Waals surface area contributed by atoms with Crippen LogP contribution in [0.25, 0.3) is 0 Å². The molecule has 0 saturated heterocycles. The second-order valence-electron chi connectivity index (χ2n) is 5.15. The van der Waals surface area contributed by atoms with E-state index in [1.165, 1.54) is 0 Å². The number of benzene rings is 1. The van der Waals surface area contributed by atoms with E-state index < -0.39 is 0 Å². The van der Waals surface area contributed by atoms with Crippen molar-refractivity contribution in [1.82, 2.24) is 0 Å². The summed E-state index contributed by atoms with van der Waals surface area (Å²) in [4.78, 5) is 0. The van der Waals surface area contributed by atoms with Gasteiger partial charge in [0.2, 0.25) is 0 Å². The Morgan fingerprint density at radius 2 is 1.56 bits per heavy atom. The maximum atomic E-state index is 10.1. The van der Waals surface area contributed by atoms with Gasteiger partial charge in [0.25, 0.3) is 0 Å². The van der Waals surface area contributed by atoms with Crippen LogP contribution in [0.15, 0.2) is 18.2 Å². The average Bonchev–Trinajstić information content (AvgIpc) is 2.19. The Labute approximate surface area is 101 Å². The van der Waals surface area contributed by atoms with E-state index in [0.29, 0.717) is 11.7 Å². The van der Waals surface area contributed by atoms with Crippen LogP contribution in [0, 0.1) is 0 Å². The van der Waals surface area contributed by atoms with Gasteiger partial charge >= 0.3 is 0 Å². The number of rotatable bonds is 1. The van der Waals surface area contributed by atoms with Crippen LogP contribution < -0.4 is 0 Å². The van der Waals surface area contributed by atoms with Gasteiger partial charge in [-0.1, -0.05) is 66.7 Å². The van der Waals surface area contributed by atoms with Gasteiger partial charge in [-0.3, -0.25) is 0 Å². The predicted molar refractivity (Wildman–Crippen MR) is 72.2 cm³/mol. The Bertz CT molecular complexity index is 319. The number of phenols is 1. The number of phenolic OH excluding ortho intramolecular Hbond substituents is 1. The Morgan fingerprint density at radius 1 is 1.06 bits per heavy atom. The van der Waals surface area contributed by atoms with E-state index in [-0.39, 0.29) is 5.41 Å². The van der Waals surface area contributed by atoms with Gasteiger partial charge in [-0.15, -0.1) is 0 Å². The smallest absolute Gasteiger partial charge is 0.122 e. The van der Waals surface area contributed by atoms with Gasteiger partial charge in [-0.2, -0.15) is 0 Å². The van der Waals surface area contributed by atoms with E-state index in [9.17, 15) is 5.11 Å². The van der Waals surface area contributed by atoms with Crippen LogP contribution >= 0.6 is 0 Å². The second-order valence-corrected chi connectivity index (χ2v) is 5.15. The summed E-state index contributed by atoms with van der Waals surface area (Å²) in [6, 6.07) is 6.02. The van der Waals surface area contributed by atoms with Crippen LogP contribution in [-0.2, 0) is 5.41 Å². The fraction of sp³-hybridized carbons (Fsp3) is 0.600. The molecule has 0 spiro atoms. The summed E-state index contributed by atoms with van der Waals surface area (Å²) in [5.74, 6) is 0.840. The molecule has 1 aromatic rings. The maximum absolute atomic E-state index is 10.1. The SMILES string of the molecule is CC.CC(C)c1cccc(C(C)(C)C)c1O. The molecular weight excluding hydrogens is 196 g/mol. The van der Waals surface area contributed by atoms with E-state index in [4.69, 9.17) is 0 Å². The highest BCUT2D eigenvalue weighted by molar-refractivity contribution is 5.45. The highest BCUT2D eigenvalue weighted by atomic mass is 16.3. The number of para-hydroxylation sites is 1. The van der Waals surface area contributed by atoms with Crippen LogP contribution in [0.1, 0.15) is 65.5 Å². The Balaban J connectivity index is 0.00000106. The van der Waals surface area contributed by atoms with Gasteiger partial charge in [0, 0.05) is 0 Å². The molecule has 0 atom stereocenters. The Kier molecular flexibility index (Phi) is 5.57. The lowest BCUT2D eigenvalue weighted by molar-refractivity contribution is 0.437. The molecule has 1 N–H and O–H groups in total. The topological polar surface area (TPSA) is 20.2 Å². The van der Waals surface area contributed by atoms with Gasteiger partial charge in [-0.25, -0.2) is 0 Å². The normalized spacial score (nSPS) is 11.0. The molecule has 1 rings (SSSR count). The van der Waals surface area contributed by atoms with Crippen molar-refractivity contribution >= 4 is 0 Å². The quantitative estimate of drug-likeness (QED) is 0.721. The van der Waals surface area contributed by atoms with Gasteiger partial charge < -0.3 is 5.11 Å². The molecule has 0 aliphatic heterocycles. The van der Waals surface area contributed by atoms with Crippen LogP contribution in [0.3, 0.4) is 0 Å². The molecule has 1 aromatic carbocycles. The van der Waals surface area contributed by atoms with E-state index in [1.807, 2.05) is 32.0 Å². The van der Waals surface area contributed by atoms with Crippen molar-refractivity contribution in [2.75, 3.05) is 0 Å². The van der Waals surface area contributed by atoms with Crippen molar-refractivity contribution in [3.05, 3.63) is 29.3 Å². The van der Waals surface area contributed by atoms with Crippen LogP contribution in [0.2, 0.25) is 0 Å². The van der Waals surface area contributed by atoms with Crippen LogP contribution in [-0.4, -0.2) is 5.11 Å². The summed E-state index contributed by atoms with van der Waals surface area (Å²) in [7, 11) is 0. The molecule has 0 bridgehead atoms. The largest absolute Gasteiger partial charge is 0.507 e. The summed E-state index contributed by atoms with van der Waals surface area (Å²) < 4.78 is 0. The third kappa shape index (κ3) is 3.55. The predicted octanol–water partition coefficient (Wildman–Crippen LogP) is 4.84. The average molecular weight is 222 g/mol. The lowest BCUT2D eigenvalue weighted by Gasteiger charge is -2.22. The highest BCUT2D eigenvalue weighted by Gasteiger charge is 2.20. The summed E-state index contributed by atoms with van der Waals surface area (Å²) in [5.41, 5.74) is 2.08. The first-order chi connectivity index (χ1) is 7.34. The van der Waals surface area contributed by atoms with Crippen molar-refractivity contribution in [3.8, 4) is 5.75 Å². The van der Waals surface area contributed by atoms with Crippen molar-refractivity contribution in [3.63, 3.8) is 0 Å². The van der Waals surface area contributed by atoms with E-state index in [2.05, 4.69) is 34.6 Å². The molecule has 16 heavy (non-hydrogen) atoms. The monoisotopic (exact) mass is 222 g/mol. The van der Waals surface area contributed by atoms with Gasteiger partial charge in [0.05, 0.1) is 0 Å². The first kappa shape index (κ1) is 15.0. The van der Waals surface area contributed by atoms with E-state index in [1.54, 1.807) is 0 Å². The molecule has 0 radical (unpaired) electrons. The molecule has 1 nitrogen and oxygen atoms in total. The molecule has 0 heterocycles. The zero-order valence-electron chi connectivity index (χ0n) is 11.8. The third-order valence-electron chi connectivity index (χ3n) is 2.50. The van der Waals surface area contributed by atoms with Crippen LogP contribution in [0.4, 0.5) is 0 Å². The minimum Gasteiger partial charge on any atom is -0.507 e. The van der Waals surface area contributed by atoms with Crippen molar-refractivity contribution in [2.45, 2.75) is 59.8 Å². The van der Waals surface area contributed by atoms with E-state index >= 15 is 0 Å². The molecule has 1 heteroatoms. The summed E-state index contributed by atoms with van der Waals surface area (Å²) in [5, 5.41) is 10.1. The van der Waals surface area contributed by atoms with Gasteiger partial charge in [0.1, 0.15) is 5.75 Å². The molecule has 0 saturated carbocycles. The van der Waals surface area contributed by atoms with Crippen LogP contribution in [0.5, 0.6) is 5.75 Å². The molecule has 0 aliphatic rings. The van der Waals surface area contributed by atoms with Crippen molar-refractivity contribution in [2.24, 2.45) is 0 Å². The fourth-order valence-electron chi connectivity index (χ4n) is 1.63. The summed E-state index contributed by atoms with van der Waals surface area (Å²) >= 11 is 0. The molecular formula is C15H26O. The zero-order chi connectivity index (χ0) is 12.9. The van der Waals surface area contributed by atoms with Gasteiger partial charge in [-0.05, 0) is 22.5 Å². The minimum atomic E-state index is 0.00891. The van der Waals surface area contributed by atoms with Crippen molar-refractivity contribution < 1.29 is 5.11 Å². The Morgan fingerprint density at radius 3 is 1.94 bits per heavy atom. The third-order valence-corrected chi connectivity index (χ3v) is 2.50. The summed E-state index contributed by atoms with van der Waals surface area (Å²) in [6.45, 7) is 14.5. The molecule has 92 valence electrons. The van der Waals surface area contributed by atoms with Crippen molar-refractivity contribution in [1.29, 1.82) is 0 Å². The zero-order valence-corrected chi connectivity index (χ0v) is 11.8. The van der Waals surface area contributed by atoms with Gasteiger partial charge in [0.15, 0.2) is 0 Å². The lowest BCUT2D eigenvalue weighted by Crippen LogP contribution is -2.12.